The summed E-state index contributed by atoms with van der Waals surface area (Å²) in [5.74, 6) is -0.907. The van der Waals surface area contributed by atoms with Crippen LogP contribution in [0.2, 0.25) is 0 Å². The number of carbonyl (C=O) groups is 1. The van der Waals surface area contributed by atoms with E-state index in [2.05, 4.69) is 5.32 Å². The van der Waals surface area contributed by atoms with E-state index in [0.717, 1.165) is 17.4 Å². The highest BCUT2D eigenvalue weighted by molar-refractivity contribution is 7.91. The lowest BCUT2D eigenvalue weighted by Gasteiger charge is -2.06. The predicted molar refractivity (Wildman–Crippen MR) is 78.0 cm³/mol. The van der Waals surface area contributed by atoms with Crippen LogP contribution in [0.1, 0.15) is 20.8 Å². The standard InChI is InChI=1S/C13H13FN2O3S2/c1-8-2-3-9(14)6-11(8)13(17)16-7-10-4-5-12(20-10)21(15,18)19/h2-6H,7H2,1H3,(H,16,17)(H2,15,18,19). The number of benzene rings is 1. The molecule has 2 rings (SSSR count). The molecule has 0 atom stereocenters. The fraction of sp³-hybridized carbons (Fsp3) is 0.154. The number of carbonyl (C=O) groups excluding carboxylic acids is 1. The Bertz CT molecular complexity index is 784. The minimum absolute atomic E-state index is 0.0358. The second-order valence-corrected chi connectivity index (χ2v) is 7.36. The Morgan fingerprint density at radius 3 is 2.67 bits per heavy atom. The van der Waals surface area contributed by atoms with Crippen molar-refractivity contribution in [3.8, 4) is 0 Å². The number of aryl methyl sites for hydroxylation is 1. The molecule has 0 unspecified atom stereocenters. The number of thiophene rings is 1. The SMILES string of the molecule is Cc1ccc(F)cc1C(=O)NCc1ccc(S(N)(=O)=O)s1. The average molecular weight is 328 g/mol. The molecule has 1 aromatic heterocycles. The first-order valence-electron chi connectivity index (χ1n) is 5.93. The number of nitrogens with one attached hydrogen (secondary N) is 1. The van der Waals surface area contributed by atoms with Gasteiger partial charge in [-0.25, -0.2) is 17.9 Å². The first kappa shape index (κ1) is 15.6. The van der Waals surface area contributed by atoms with Crippen molar-refractivity contribution in [2.75, 3.05) is 0 Å². The van der Waals surface area contributed by atoms with Crippen LogP contribution in [-0.2, 0) is 16.6 Å². The summed E-state index contributed by atoms with van der Waals surface area (Å²) in [6.45, 7) is 1.85. The molecule has 0 saturated heterocycles. The Kier molecular flexibility index (Phi) is 4.40. The highest BCUT2D eigenvalue weighted by atomic mass is 32.2. The Morgan fingerprint density at radius 1 is 1.33 bits per heavy atom. The van der Waals surface area contributed by atoms with Crippen LogP contribution >= 0.6 is 11.3 Å². The van der Waals surface area contributed by atoms with Gasteiger partial charge in [0.05, 0.1) is 6.54 Å². The zero-order valence-corrected chi connectivity index (χ0v) is 12.7. The highest BCUT2D eigenvalue weighted by Crippen LogP contribution is 2.20. The first-order chi connectivity index (χ1) is 9.77. The van der Waals surface area contributed by atoms with Crippen molar-refractivity contribution in [3.63, 3.8) is 0 Å². The minimum Gasteiger partial charge on any atom is -0.347 e. The summed E-state index contributed by atoms with van der Waals surface area (Å²) in [5.41, 5.74) is 0.906. The van der Waals surface area contributed by atoms with Crippen LogP contribution in [0, 0.1) is 12.7 Å². The van der Waals surface area contributed by atoms with Gasteiger partial charge < -0.3 is 5.32 Å². The smallest absolute Gasteiger partial charge is 0.251 e. The van der Waals surface area contributed by atoms with E-state index in [4.69, 9.17) is 5.14 Å². The molecule has 0 spiro atoms. The molecule has 0 fully saturated rings. The molecular weight excluding hydrogens is 315 g/mol. The molecule has 0 aliphatic carbocycles. The van der Waals surface area contributed by atoms with Gasteiger partial charge in [-0.3, -0.25) is 4.79 Å². The van der Waals surface area contributed by atoms with E-state index >= 15 is 0 Å². The molecule has 5 nitrogen and oxygen atoms in total. The Balaban J connectivity index is 2.08. The summed E-state index contributed by atoms with van der Waals surface area (Å²) in [6, 6.07) is 6.92. The summed E-state index contributed by atoms with van der Waals surface area (Å²) in [5, 5.41) is 7.62. The van der Waals surface area contributed by atoms with Crippen molar-refractivity contribution in [2.45, 2.75) is 17.7 Å². The quantitative estimate of drug-likeness (QED) is 0.896. The Hall–Kier alpha value is -1.77. The second-order valence-electron chi connectivity index (χ2n) is 4.41. The predicted octanol–water partition coefficient (Wildman–Crippen LogP) is 1.77. The van der Waals surface area contributed by atoms with E-state index in [9.17, 15) is 17.6 Å². The molecule has 112 valence electrons. The molecule has 21 heavy (non-hydrogen) atoms. The van der Waals surface area contributed by atoms with Gasteiger partial charge in [-0.2, -0.15) is 0 Å². The Labute approximate surface area is 125 Å². The van der Waals surface area contributed by atoms with E-state index in [1.54, 1.807) is 13.0 Å². The lowest BCUT2D eigenvalue weighted by molar-refractivity contribution is 0.0950. The number of hydrogen-bond donors (Lipinski definition) is 2. The van der Waals surface area contributed by atoms with E-state index in [1.165, 1.54) is 18.2 Å². The van der Waals surface area contributed by atoms with Gasteiger partial charge in [0, 0.05) is 10.4 Å². The van der Waals surface area contributed by atoms with Gasteiger partial charge in [0.25, 0.3) is 5.91 Å². The van der Waals surface area contributed by atoms with Crippen LogP contribution in [0.5, 0.6) is 0 Å². The molecule has 0 aliphatic heterocycles. The van der Waals surface area contributed by atoms with Crippen LogP contribution in [0.15, 0.2) is 34.5 Å². The van der Waals surface area contributed by atoms with Crippen molar-refractivity contribution in [1.29, 1.82) is 0 Å². The monoisotopic (exact) mass is 328 g/mol. The Morgan fingerprint density at radius 2 is 2.05 bits per heavy atom. The van der Waals surface area contributed by atoms with Gasteiger partial charge in [-0.15, -0.1) is 11.3 Å². The fourth-order valence-electron chi connectivity index (χ4n) is 1.71. The van der Waals surface area contributed by atoms with Crippen LogP contribution in [0.4, 0.5) is 4.39 Å². The normalized spacial score (nSPS) is 11.4. The highest BCUT2D eigenvalue weighted by Gasteiger charge is 2.13. The lowest BCUT2D eigenvalue weighted by Crippen LogP contribution is -2.23. The number of sulfonamides is 1. The third-order valence-corrected chi connectivity index (χ3v) is 5.31. The number of halogens is 1. The lowest BCUT2D eigenvalue weighted by atomic mass is 10.1. The summed E-state index contributed by atoms with van der Waals surface area (Å²) in [7, 11) is -3.73. The topological polar surface area (TPSA) is 89.3 Å². The van der Waals surface area contributed by atoms with E-state index in [1.807, 2.05) is 0 Å². The third kappa shape index (κ3) is 3.87. The zero-order valence-electron chi connectivity index (χ0n) is 11.1. The van der Waals surface area contributed by atoms with Gasteiger partial charge in [0.1, 0.15) is 10.0 Å². The van der Waals surface area contributed by atoms with Gasteiger partial charge in [0.15, 0.2) is 0 Å². The molecule has 0 radical (unpaired) electrons. The molecule has 2 aromatic rings. The molecule has 8 heteroatoms. The molecule has 0 bridgehead atoms. The van der Waals surface area contributed by atoms with Crippen molar-refractivity contribution in [3.05, 3.63) is 52.2 Å². The molecule has 0 aliphatic rings. The van der Waals surface area contributed by atoms with Crippen molar-refractivity contribution < 1.29 is 17.6 Å². The van der Waals surface area contributed by atoms with Crippen molar-refractivity contribution >= 4 is 27.3 Å². The van der Waals surface area contributed by atoms with Crippen molar-refractivity contribution in [2.24, 2.45) is 5.14 Å². The van der Waals surface area contributed by atoms with Gasteiger partial charge >= 0.3 is 0 Å². The molecule has 1 amide bonds. The maximum atomic E-state index is 13.1. The molecule has 1 heterocycles. The minimum atomic E-state index is -3.73. The van der Waals surface area contributed by atoms with Crippen LogP contribution in [0.25, 0.3) is 0 Å². The summed E-state index contributed by atoms with van der Waals surface area (Å²) in [6.07, 6.45) is 0. The summed E-state index contributed by atoms with van der Waals surface area (Å²) >= 11 is 0.983. The molecule has 0 saturated carbocycles. The number of hydrogen-bond acceptors (Lipinski definition) is 4. The number of amides is 1. The third-order valence-electron chi connectivity index (χ3n) is 2.78. The average Bonchev–Trinajstić information content (AvgIpc) is 2.87. The number of primary sulfonamides is 1. The van der Waals surface area contributed by atoms with Crippen molar-refractivity contribution in [1.82, 2.24) is 5.32 Å². The number of rotatable bonds is 4. The molecule has 1 aromatic carbocycles. The van der Waals surface area contributed by atoms with Crippen LogP contribution < -0.4 is 10.5 Å². The van der Waals surface area contributed by atoms with Gasteiger partial charge in [0.2, 0.25) is 10.0 Å². The van der Waals surface area contributed by atoms with E-state index < -0.39 is 21.7 Å². The summed E-state index contributed by atoms with van der Waals surface area (Å²) in [4.78, 5) is 12.6. The summed E-state index contributed by atoms with van der Waals surface area (Å²) < 4.78 is 35.5. The first-order valence-corrected chi connectivity index (χ1v) is 8.29. The van der Waals surface area contributed by atoms with Crippen LogP contribution in [0.3, 0.4) is 0 Å². The van der Waals surface area contributed by atoms with E-state index in [0.29, 0.717) is 10.4 Å². The fourth-order valence-corrected chi connectivity index (χ4v) is 3.43. The molecular formula is C13H13FN2O3S2. The van der Waals surface area contributed by atoms with Gasteiger partial charge in [-0.05, 0) is 36.8 Å². The van der Waals surface area contributed by atoms with E-state index in [-0.39, 0.29) is 16.3 Å². The maximum Gasteiger partial charge on any atom is 0.251 e. The van der Waals surface area contributed by atoms with Crippen LogP contribution in [-0.4, -0.2) is 14.3 Å². The zero-order chi connectivity index (χ0) is 15.6. The van der Waals surface area contributed by atoms with Gasteiger partial charge in [-0.1, -0.05) is 6.07 Å². The second kappa shape index (κ2) is 5.92. The molecule has 3 N–H and O–H groups in total. The largest absolute Gasteiger partial charge is 0.347 e. The number of nitrogens with two attached hydrogens (primary N) is 1. The maximum absolute atomic E-state index is 13.1.